The molecule has 0 unspecified atom stereocenters. The predicted octanol–water partition coefficient (Wildman–Crippen LogP) is 2.74. The summed E-state index contributed by atoms with van der Waals surface area (Å²) in [7, 11) is -5.88. The second kappa shape index (κ2) is 4.98. The first-order valence-corrected chi connectivity index (χ1v) is 8.11. The van der Waals surface area contributed by atoms with E-state index in [4.69, 9.17) is 4.74 Å². The standard InChI is InChI=1S/C14H11F3O5S/c15-14(16,17)23(19,20)22-11-10(9-5-2-1-3-6-9)12(18)21-13(11)7-4-8-13/h1-3,5-6H,4,7-8H2. The van der Waals surface area contributed by atoms with Gasteiger partial charge in [-0.05, 0) is 24.8 Å². The highest BCUT2D eigenvalue weighted by Crippen LogP contribution is 2.51. The summed E-state index contributed by atoms with van der Waals surface area (Å²) in [5.74, 6) is -1.46. The number of ether oxygens (including phenoxy) is 1. The van der Waals surface area contributed by atoms with Gasteiger partial charge in [-0.1, -0.05) is 30.3 Å². The van der Waals surface area contributed by atoms with Crippen LogP contribution in [0.25, 0.3) is 5.57 Å². The Bertz CT molecular complexity index is 776. The molecule has 124 valence electrons. The Morgan fingerprint density at radius 3 is 2.22 bits per heavy atom. The molecule has 1 aliphatic carbocycles. The zero-order valence-corrected chi connectivity index (χ0v) is 12.4. The molecule has 3 rings (SSSR count). The Labute approximate surface area is 129 Å². The molecule has 9 heteroatoms. The SMILES string of the molecule is O=C1OC2(CCC2)C(OS(=O)(=O)C(F)(F)F)=C1c1ccccc1. The van der Waals surface area contributed by atoms with Crippen molar-refractivity contribution in [2.45, 2.75) is 30.4 Å². The lowest BCUT2D eigenvalue weighted by atomic mass is 9.78. The minimum Gasteiger partial charge on any atom is -0.447 e. The molecule has 0 atom stereocenters. The maximum Gasteiger partial charge on any atom is 0.534 e. The third-order valence-corrected chi connectivity index (χ3v) is 4.79. The van der Waals surface area contributed by atoms with E-state index in [1.807, 2.05) is 0 Å². The Morgan fingerprint density at radius 1 is 1.13 bits per heavy atom. The molecule has 1 saturated carbocycles. The molecular weight excluding hydrogens is 337 g/mol. The zero-order chi connectivity index (χ0) is 16.9. The van der Waals surface area contributed by atoms with Gasteiger partial charge in [0, 0.05) is 0 Å². The summed E-state index contributed by atoms with van der Waals surface area (Å²) in [5, 5.41) is 0. The van der Waals surface area contributed by atoms with Crippen LogP contribution in [0.4, 0.5) is 13.2 Å². The molecule has 1 aromatic carbocycles. The first-order chi connectivity index (χ1) is 10.7. The molecule has 2 aliphatic rings. The van der Waals surface area contributed by atoms with Crippen molar-refractivity contribution in [1.29, 1.82) is 0 Å². The molecule has 1 fully saturated rings. The number of carbonyl (C=O) groups excluding carboxylic acids is 1. The summed E-state index contributed by atoms with van der Waals surface area (Å²) in [6.45, 7) is 0. The van der Waals surface area contributed by atoms with E-state index in [0.29, 0.717) is 6.42 Å². The molecule has 0 aromatic heterocycles. The average Bonchev–Trinajstić information content (AvgIpc) is 2.70. The average molecular weight is 348 g/mol. The number of hydrogen-bond donors (Lipinski definition) is 0. The fraction of sp³-hybridized carbons (Fsp3) is 0.357. The summed E-state index contributed by atoms with van der Waals surface area (Å²) in [4.78, 5) is 12.1. The number of alkyl halides is 3. The van der Waals surface area contributed by atoms with Gasteiger partial charge >= 0.3 is 21.6 Å². The highest BCUT2D eigenvalue weighted by molar-refractivity contribution is 7.87. The van der Waals surface area contributed by atoms with Gasteiger partial charge in [0.05, 0.1) is 0 Å². The van der Waals surface area contributed by atoms with Crippen molar-refractivity contribution in [2.75, 3.05) is 0 Å². The van der Waals surface area contributed by atoms with Gasteiger partial charge < -0.3 is 8.92 Å². The molecule has 1 aromatic rings. The zero-order valence-electron chi connectivity index (χ0n) is 11.6. The van der Waals surface area contributed by atoms with Gasteiger partial charge in [-0.25, -0.2) is 4.79 Å². The molecule has 0 radical (unpaired) electrons. The molecule has 0 N–H and O–H groups in total. The molecule has 1 aliphatic heterocycles. The third kappa shape index (κ3) is 2.48. The van der Waals surface area contributed by atoms with Crippen LogP contribution in [0.3, 0.4) is 0 Å². The van der Waals surface area contributed by atoms with Gasteiger partial charge in [-0.15, -0.1) is 0 Å². The highest BCUT2D eigenvalue weighted by atomic mass is 32.2. The molecule has 23 heavy (non-hydrogen) atoms. The van der Waals surface area contributed by atoms with Gasteiger partial charge in [0.25, 0.3) is 0 Å². The number of rotatable bonds is 3. The number of halogens is 3. The van der Waals surface area contributed by atoms with E-state index < -0.39 is 33.0 Å². The van der Waals surface area contributed by atoms with Crippen LogP contribution in [0.5, 0.6) is 0 Å². The molecule has 0 amide bonds. The molecule has 1 heterocycles. The van der Waals surface area contributed by atoms with Crippen molar-refractivity contribution in [2.24, 2.45) is 0 Å². The van der Waals surface area contributed by atoms with Gasteiger partial charge in [-0.2, -0.15) is 21.6 Å². The molecule has 1 spiro atoms. The second-order valence-electron chi connectivity index (χ2n) is 5.29. The van der Waals surface area contributed by atoms with Crippen LogP contribution in [0.2, 0.25) is 0 Å². The second-order valence-corrected chi connectivity index (χ2v) is 6.83. The minimum atomic E-state index is -5.88. The lowest BCUT2D eigenvalue weighted by molar-refractivity contribution is -0.153. The lowest BCUT2D eigenvalue weighted by Gasteiger charge is -2.37. The number of esters is 1. The summed E-state index contributed by atoms with van der Waals surface area (Å²) < 4.78 is 70.1. The van der Waals surface area contributed by atoms with Crippen LogP contribution in [0.15, 0.2) is 36.1 Å². The van der Waals surface area contributed by atoms with E-state index in [1.165, 1.54) is 12.1 Å². The van der Waals surface area contributed by atoms with E-state index in [9.17, 15) is 26.4 Å². The fourth-order valence-corrected chi connectivity index (χ4v) is 3.10. The minimum absolute atomic E-state index is 0.220. The first-order valence-electron chi connectivity index (χ1n) is 6.71. The van der Waals surface area contributed by atoms with E-state index in [1.54, 1.807) is 18.2 Å². The van der Waals surface area contributed by atoms with Crippen molar-refractivity contribution >= 4 is 21.7 Å². The molecule has 0 saturated heterocycles. The summed E-state index contributed by atoms with van der Waals surface area (Å²) >= 11 is 0. The van der Waals surface area contributed by atoms with Crippen LogP contribution >= 0.6 is 0 Å². The molecule has 5 nitrogen and oxygen atoms in total. The van der Waals surface area contributed by atoms with E-state index in [-0.39, 0.29) is 24.0 Å². The van der Waals surface area contributed by atoms with E-state index in [2.05, 4.69) is 4.18 Å². The van der Waals surface area contributed by atoms with Crippen LogP contribution < -0.4 is 0 Å². The van der Waals surface area contributed by atoms with Gasteiger partial charge in [-0.3, -0.25) is 0 Å². The summed E-state index contributed by atoms with van der Waals surface area (Å²) in [5.41, 5.74) is -7.04. The maximum atomic E-state index is 12.6. The first kappa shape index (κ1) is 15.9. The Morgan fingerprint density at radius 2 is 1.74 bits per heavy atom. The van der Waals surface area contributed by atoms with Gasteiger partial charge in [0.1, 0.15) is 5.57 Å². The Hall–Kier alpha value is -2.03. The van der Waals surface area contributed by atoms with Crippen molar-refractivity contribution in [3.8, 4) is 0 Å². The fourth-order valence-electron chi connectivity index (χ4n) is 2.55. The van der Waals surface area contributed by atoms with Crippen molar-refractivity contribution in [3.63, 3.8) is 0 Å². The van der Waals surface area contributed by atoms with Gasteiger partial charge in [0.15, 0.2) is 11.4 Å². The highest BCUT2D eigenvalue weighted by Gasteiger charge is 2.58. The lowest BCUT2D eigenvalue weighted by Crippen LogP contribution is -2.42. The topological polar surface area (TPSA) is 69.7 Å². The van der Waals surface area contributed by atoms with Crippen LogP contribution in [-0.4, -0.2) is 25.5 Å². The van der Waals surface area contributed by atoms with Crippen LogP contribution in [0, 0.1) is 0 Å². The van der Waals surface area contributed by atoms with Gasteiger partial charge in [0.2, 0.25) is 0 Å². The molecule has 0 bridgehead atoms. The largest absolute Gasteiger partial charge is 0.534 e. The molecular formula is C14H11F3O5S. The quantitative estimate of drug-likeness (QED) is 0.477. The van der Waals surface area contributed by atoms with E-state index >= 15 is 0 Å². The smallest absolute Gasteiger partial charge is 0.447 e. The summed E-state index contributed by atoms with van der Waals surface area (Å²) in [6.07, 6.45) is 1.03. The predicted molar refractivity (Wildman–Crippen MR) is 72.1 cm³/mol. The Kier molecular flexibility index (Phi) is 3.44. The van der Waals surface area contributed by atoms with E-state index in [0.717, 1.165) is 0 Å². The number of hydrogen-bond acceptors (Lipinski definition) is 5. The van der Waals surface area contributed by atoms with Crippen molar-refractivity contribution in [1.82, 2.24) is 0 Å². The van der Waals surface area contributed by atoms with Crippen LogP contribution in [0.1, 0.15) is 24.8 Å². The van der Waals surface area contributed by atoms with Crippen molar-refractivity contribution in [3.05, 3.63) is 41.7 Å². The monoisotopic (exact) mass is 348 g/mol. The number of benzene rings is 1. The maximum absolute atomic E-state index is 12.6. The van der Waals surface area contributed by atoms with Crippen LogP contribution in [-0.2, 0) is 23.8 Å². The Balaban J connectivity index is 2.13. The normalized spacial score (nSPS) is 20.4. The summed E-state index contributed by atoms with van der Waals surface area (Å²) in [6, 6.07) is 7.72. The van der Waals surface area contributed by atoms with Crippen molar-refractivity contribution < 1.29 is 35.3 Å². The number of carbonyl (C=O) groups is 1. The third-order valence-electron chi connectivity index (χ3n) is 3.83.